The molecule has 0 bridgehead atoms. The van der Waals surface area contributed by atoms with Crippen LogP contribution in [0.4, 0.5) is 10.8 Å². The first-order valence-corrected chi connectivity index (χ1v) is 9.15. The zero-order valence-electron chi connectivity index (χ0n) is 15.3. The van der Waals surface area contributed by atoms with Crippen LogP contribution in [0.1, 0.15) is 21.6 Å². The lowest BCUT2D eigenvalue weighted by molar-refractivity contribution is 0.0461. The fourth-order valence-electron chi connectivity index (χ4n) is 2.46. The number of rotatable bonds is 7. The van der Waals surface area contributed by atoms with Crippen molar-refractivity contribution in [2.45, 2.75) is 13.5 Å². The minimum Gasteiger partial charge on any atom is -0.496 e. The molecule has 7 heteroatoms. The van der Waals surface area contributed by atoms with E-state index >= 15 is 0 Å². The molecule has 0 fully saturated rings. The Balaban J connectivity index is 1.65. The van der Waals surface area contributed by atoms with Gasteiger partial charge in [0.1, 0.15) is 23.7 Å². The molecule has 0 spiro atoms. The highest BCUT2D eigenvalue weighted by molar-refractivity contribution is 7.13. The second-order valence-electron chi connectivity index (χ2n) is 5.75. The Bertz CT molecular complexity index is 900. The molecule has 0 unspecified atom stereocenters. The zero-order chi connectivity index (χ0) is 19.2. The summed E-state index contributed by atoms with van der Waals surface area (Å²) in [7, 11) is 2.99. The van der Waals surface area contributed by atoms with Gasteiger partial charge in [0.05, 0.1) is 19.9 Å². The Morgan fingerprint density at radius 3 is 2.37 bits per heavy atom. The van der Waals surface area contributed by atoms with Gasteiger partial charge < -0.3 is 19.5 Å². The van der Waals surface area contributed by atoms with Crippen LogP contribution in [0.2, 0.25) is 0 Å². The van der Waals surface area contributed by atoms with Crippen LogP contribution in [-0.4, -0.2) is 25.2 Å². The van der Waals surface area contributed by atoms with Gasteiger partial charge in [-0.1, -0.05) is 23.8 Å². The summed E-state index contributed by atoms with van der Waals surface area (Å²) in [6, 6.07) is 13.2. The number of aromatic nitrogens is 1. The average Bonchev–Trinajstić information content (AvgIpc) is 3.14. The monoisotopic (exact) mass is 384 g/mol. The number of aryl methyl sites for hydroxylation is 1. The lowest BCUT2D eigenvalue weighted by atomic mass is 10.2. The number of esters is 1. The van der Waals surface area contributed by atoms with Crippen molar-refractivity contribution in [3.8, 4) is 11.5 Å². The van der Waals surface area contributed by atoms with Gasteiger partial charge in [-0.15, -0.1) is 11.3 Å². The summed E-state index contributed by atoms with van der Waals surface area (Å²) in [4.78, 5) is 16.9. The number of anilines is 2. The standard InChI is InChI=1S/C20H20N2O4S/c1-13-7-9-14(10-8-13)21-20-22-15(12-27-20)11-26-19(23)18-16(24-2)5-4-6-17(18)25-3/h4-10,12H,11H2,1-3H3,(H,21,22). The summed E-state index contributed by atoms with van der Waals surface area (Å²) in [5.41, 5.74) is 3.07. The summed E-state index contributed by atoms with van der Waals surface area (Å²) >= 11 is 1.45. The Labute approximate surface area is 161 Å². The predicted octanol–water partition coefficient (Wildman–Crippen LogP) is 4.57. The van der Waals surface area contributed by atoms with Gasteiger partial charge in [-0.05, 0) is 31.2 Å². The van der Waals surface area contributed by atoms with E-state index in [0.717, 1.165) is 10.8 Å². The Hall–Kier alpha value is -3.06. The van der Waals surface area contributed by atoms with Gasteiger partial charge >= 0.3 is 5.97 Å². The highest BCUT2D eigenvalue weighted by atomic mass is 32.1. The SMILES string of the molecule is COc1cccc(OC)c1C(=O)OCc1csc(Nc2ccc(C)cc2)n1. The lowest BCUT2D eigenvalue weighted by Gasteiger charge is -2.11. The molecular formula is C20H20N2O4S. The first kappa shape index (κ1) is 18.7. The summed E-state index contributed by atoms with van der Waals surface area (Å²) in [5.74, 6) is 0.282. The molecule has 3 rings (SSSR count). The number of hydrogen-bond donors (Lipinski definition) is 1. The molecule has 6 nitrogen and oxygen atoms in total. The number of benzene rings is 2. The normalized spacial score (nSPS) is 10.3. The van der Waals surface area contributed by atoms with Gasteiger partial charge in [0.25, 0.3) is 0 Å². The van der Waals surface area contributed by atoms with Crippen LogP contribution in [0.5, 0.6) is 11.5 Å². The van der Waals surface area contributed by atoms with Crippen molar-refractivity contribution in [2.24, 2.45) is 0 Å². The molecule has 3 aromatic rings. The molecule has 0 radical (unpaired) electrons. The van der Waals surface area contributed by atoms with Crippen LogP contribution in [0.25, 0.3) is 0 Å². The van der Waals surface area contributed by atoms with E-state index in [1.54, 1.807) is 18.2 Å². The van der Waals surface area contributed by atoms with Crippen molar-refractivity contribution in [3.05, 3.63) is 64.7 Å². The van der Waals surface area contributed by atoms with Crippen LogP contribution in [-0.2, 0) is 11.3 Å². The number of carbonyl (C=O) groups is 1. The van der Waals surface area contributed by atoms with Gasteiger partial charge in [0, 0.05) is 11.1 Å². The van der Waals surface area contributed by atoms with Gasteiger partial charge in [-0.25, -0.2) is 9.78 Å². The van der Waals surface area contributed by atoms with Gasteiger partial charge in [0.15, 0.2) is 5.13 Å². The summed E-state index contributed by atoms with van der Waals surface area (Å²) in [5, 5.41) is 5.82. The van der Waals surface area contributed by atoms with Crippen LogP contribution in [0, 0.1) is 6.92 Å². The molecular weight excluding hydrogens is 364 g/mol. The van der Waals surface area contributed by atoms with Crippen molar-refractivity contribution in [1.82, 2.24) is 4.98 Å². The quantitative estimate of drug-likeness (QED) is 0.602. The van der Waals surface area contributed by atoms with E-state index in [-0.39, 0.29) is 12.2 Å². The number of nitrogens with zero attached hydrogens (tertiary/aromatic N) is 1. The number of ether oxygens (including phenoxy) is 3. The van der Waals surface area contributed by atoms with Crippen molar-refractivity contribution >= 4 is 28.1 Å². The minimum atomic E-state index is -0.523. The summed E-state index contributed by atoms with van der Waals surface area (Å²) in [6.07, 6.45) is 0. The molecule has 140 valence electrons. The summed E-state index contributed by atoms with van der Waals surface area (Å²) in [6.45, 7) is 2.10. The molecule has 0 aliphatic rings. The first-order valence-electron chi connectivity index (χ1n) is 8.27. The fraction of sp³-hybridized carbons (Fsp3) is 0.200. The van der Waals surface area contributed by atoms with Crippen LogP contribution < -0.4 is 14.8 Å². The van der Waals surface area contributed by atoms with E-state index in [9.17, 15) is 4.79 Å². The number of carbonyl (C=O) groups excluding carboxylic acids is 1. The minimum absolute atomic E-state index is 0.0616. The molecule has 0 aliphatic carbocycles. The molecule has 0 amide bonds. The van der Waals surface area contributed by atoms with Gasteiger partial charge in [-0.2, -0.15) is 0 Å². The third kappa shape index (κ3) is 4.57. The molecule has 1 N–H and O–H groups in total. The van der Waals surface area contributed by atoms with Crippen LogP contribution >= 0.6 is 11.3 Å². The largest absolute Gasteiger partial charge is 0.496 e. The molecule has 1 heterocycles. The van der Waals surface area contributed by atoms with Crippen molar-refractivity contribution in [3.63, 3.8) is 0 Å². The highest BCUT2D eigenvalue weighted by Crippen LogP contribution is 2.29. The summed E-state index contributed by atoms with van der Waals surface area (Å²) < 4.78 is 15.9. The second kappa shape index (κ2) is 8.55. The first-order chi connectivity index (χ1) is 13.1. The molecule has 0 atom stereocenters. The van der Waals surface area contributed by atoms with Crippen molar-refractivity contribution in [2.75, 3.05) is 19.5 Å². The van der Waals surface area contributed by atoms with E-state index in [0.29, 0.717) is 17.2 Å². The fourth-order valence-corrected chi connectivity index (χ4v) is 3.17. The van der Waals surface area contributed by atoms with E-state index < -0.39 is 5.97 Å². The second-order valence-corrected chi connectivity index (χ2v) is 6.61. The van der Waals surface area contributed by atoms with Crippen molar-refractivity contribution < 1.29 is 19.0 Å². The van der Waals surface area contributed by atoms with E-state index in [2.05, 4.69) is 10.3 Å². The zero-order valence-corrected chi connectivity index (χ0v) is 16.1. The highest BCUT2D eigenvalue weighted by Gasteiger charge is 2.20. The van der Waals surface area contributed by atoms with Crippen LogP contribution in [0.15, 0.2) is 47.8 Å². The third-order valence-corrected chi connectivity index (χ3v) is 4.64. The maximum absolute atomic E-state index is 12.5. The molecule has 0 saturated carbocycles. The predicted molar refractivity (Wildman–Crippen MR) is 105 cm³/mol. The van der Waals surface area contributed by atoms with Gasteiger partial charge in [0.2, 0.25) is 0 Å². The number of thiazole rings is 1. The number of hydrogen-bond acceptors (Lipinski definition) is 7. The van der Waals surface area contributed by atoms with Gasteiger partial charge in [-0.3, -0.25) is 0 Å². The smallest absolute Gasteiger partial charge is 0.346 e. The van der Waals surface area contributed by atoms with Crippen LogP contribution in [0.3, 0.4) is 0 Å². The molecule has 0 saturated heterocycles. The van der Waals surface area contributed by atoms with E-state index in [1.165, 1.54) is 31.1 Å². The molecule has 0 aliphatic heterocycles. The average molecular weight is 384 g/mol. The number of methoxy groups -OCH3 is 2. The Morgan fingerprint density at radius 2 is 1.74 bits per heavy atom. The molecule has 2 aromatic carbocycles. The molecule has 1 aromatic heterocycles. The Morgan fingerprint density at radius 1 is 1.07 bits per heavy atom. The topological polar surface area (TPSA) is 69.7 Å². The maximum atomic E-state index is 12.5. The lowest BCUT2D eigenvalue weighted by Crippen LogP contribution is -2.09. The number of nitrogens with one attached hydrogen (secondary N) is 1. The van der Waals surface area contributed by atoms with Crippen molar-refractivity contribution in [1.29, 1.82) is 0 Å². The third-order valence-electron chi connectivity index (χ3n) is 3.84. The molecule has 27 heavy (non-hydrogen) atoms. The van der Waals surface area contributed by atoms with E-state index in [4.69, 9.17) is 14.2 Å². The maximum Gasteiger partial charge on any atom is 0.346 e. The Kier molecular flexibility index (Phi) is 5.93. The van der Waals surface area contributed by atoms with E-state index in [1.807, 2.05) is 36.6 Å².